The van der Waals surface area contributed by atoms with Crippen LogP contribution in [0, 0.1) is 22.0 Å². The number of non-ortho nitro benzene ring substituents is 1. The molecule has 7 heteroatoms. The summed E-state index contributed by atoms with van der Waals surface area (Å²) >= 11 is 12.6. The van der Waals surface area contributed by atoms with Crippen molar-refractivity contribution in [2.75, 3.05) is 24.5 Å². The normalized spacial score (nSPS) is 28.0. The molecular weight excluding hydrogens is 313 g/mol. The third kappa shape index (κ3) is 2.47. The van der Waals surface area contributed by atoms with Gasteiger partial charge in [0.05, 0.1) is 20.7 Å². The van der Waals surface area contributed by atoms with E-state index in [-0.39, 0.29) is 5.69 Å². The molecule has 1 aromatic carbocycles. The van der Waals surface area contributed by atoms with Gasteiger partial charge in [-0.1, -0.05) is 30.1 Å². The molecule has 3 rings (SSSR count). The summed E-state index contributed by atoms with van der Waals surface area (Å²) < 4.78 is 0. The second kappa shape index (κ2) is 5.63. The Hall–Kier alpha value is -1.04. The lowest BCUT2D eigenvalue weighted by Gasteiger charge is -2.30. The van der Waals surface area contributed by atoms with E-state index < -0.39 is 4.92 Å². The lowest BCUT2D eigenvalue weighted by molar-refractivity contribution is -0.384. The first-order valence-corrected chi connectivity index (χ1v) is 7.89. The van der Waals surface area contributed by atoms with E-state index in [4.69, 9.17) is 23.2 Å². The van der Waals surface area contributed by atoms with Gasteiger partial charge in [0.25, 0.3) is 5.69 Å². The van der Waals surface area contributed by atoms with Gasteiger partial charge in [0.2, 0.25) is 0 Å². The summed E-state index contributed by atoms with van der Waals surface area (Å²) in [6, 6.07) is 3.16. The molecule has 3 unspecified atom stereocenters. The Bertz CT molecular complexity index is 558. The number of nitrogens with one attached hydrogen (secondary N) is 1. The summed E-state index contributed by atoms with van der Waals surface area (Å²) in [5.74, 6) is 1.19. The molecule has 2 saturated heterocycles. The fourth-order valence-corrected chi connectivity index (χ4v) is 4.43. The van der Waals surface area contributed by atoms with Crippen molar-refractivity contribution in [3.8, 4) is 0 Å². The Morgan fingerprint density at radius 2 is 2.05 bits per heavy atom. The first kappa shape index (κ1) is 14.9. The SMILES string of the molecule is CCC1C2CNCC2CN1c1c(Cl)cc([N+](=O)[O-])cc1Cl. The van der Waals surface area contributed by atoms with Crippen LogP contribution in [0.2, 0.25) is 10.0 Å². The average Bonchev–Trinajstić information content (AvgIpc) is 2.98. The second-order valence-electron chi connectivity index (χ2n) is 5.73. The third-order valence-corrected chi connectivity index (χ3v) is 5.21. The minimum absolute atomic E-state index is 0.0668. The molecular formula is C14H17Cl2N3O2. The zero-order valence-corrected chi connectivity index (χ0v) is 13.2. The van der Waals surface area contributed by atoms with Crippen molar-refractivity contribution in [1.29, 1.82) is 0 Å². The van der Waals surface area contributed by atoms with Gasteiger partial charge in [-0.2, -0.15) is 0 Å². The summed E-state index contributed by atoms with van der Waals surface area (Å²) in [7, 11) is 0. The Morgan fingerprint density at radius 3 is 2.62 bits per heavy atom. The molecule has 2 aliphatic heterocycles. The van der Waals surface area contributed by atoms with Crippen LogP contribution in [0.15, 0.2) is 12.1 Å². The van der Waals surface area contributed by atoms with Gasteiger partial charge in [-0.05, 0) is 18.3 Å². The Balaban J connectivity index is 1.98. The Kier molecular flexibility index (Phi) is 3.99. The van der Waals surface area contributed by atoms with Crippen molar-refractivity contribution in [1.82, 2.24) is 5.32 Å². The van der Waals surface area contributed by atoms with E-state index in [1.54, 1.807) is 0 Å². The van der Waals surface area contributed by atoms with E-state index in [9.17, 15) is 10.1 Å². The number of hydrogen-bond acceptors (Lipinski definition) is 4. The van der Waals surface area contributed by atoms with Crippen LogP contribution in [0.25, 0.3) is 0 Å². The molecule has 1 N–H and O–H groups in total. The predicted molar refractivity (Wildman–Crippen MR) is 84.4 cm³/mol. The van der Waals surface area contributed by atoms with E-state index in [1.165, 1.54) is 12.1 Å². The topological polar surface area (TPSA) is 58.4 Å². The van der Waals surface area contributed by atoms with Crippen LogP contribution < -0.4 is 10.2 Å². The molecule has 0 bridgehead atoms. The summed E-state index contributed by atoms with van der Waals surface area (Å²) in [6.07, 6.45) is 1.01. The maximum absolute atomic E-state index is 10.9. The highest BCUT2D eigenvalue weighted by Crippen LogP contribution is 2.44. The zero-order valence-electron chi connectivity index (χ0n) is 11.7. The fraction of sp³-hybridized carbons (Fsp3) is 0.571. The number of anilines is 1. The highest BCUT2D eigenvalue weighted by molar-refractivity contribution is 6.39. The smallest absolute Gasteiger partial charge is 0.272 e. The van der Waals surface area contributed by atoms with Crippen LogP contribution in [-0.4, -0.2) is 30.6 Å². The molecule has 0 amide bonds. The molecule has 5 nitrogen and oxygen atoms in total. The molecule has 2 fully saturated rings. The van der Waals surface area contributed by atoms with Gasteiger partial charge < -0.3 is 10.2 Å². The van der Waals surface area contributed by atoms with Gasteiger partial charge in [0, 0.05) is 37.8 Å². The lowest BCUT2D eigenvalue weighted by Crippen LogP contribution is -2.35. The van der Waals surface area contributed by atoms with Gasteiger partial charge in [0.15, 0.2) is 0 Å². The van der Waals surface area contributed by atoms with Crippen LogP contribution in [0.3, 0.4) is 0 Å². The maximum atomic E-state index is 10.9. The summed E-state index contributed by atoms with van der Waals surface area (Å²) in [5, 5.41) is 15.0. The number of nitro benzene ring substituents is 1. The number of fused-ring (bicyclic) bond motifs is 1. The molecule has 3 atom stereocenters. The van der Waals surface area contributed by atoms with Crippen molar-refractivity contribution < 1.29 is 4.92 Å². The summed E-state index contributed by atoms with van der Waals surface area (Å²) in [6.45, 7) is 5.08. The Morgan fingerprint density at radius 1 is 1.38 bits per heavy atom. The van der Waals surface area contributed by atoms with E-state index in [0.29, 0.717) is 27.9 Å². The van der Waals surface area contributed by atoms with E-state index >= 15 is 0 Å². The van der Waals surface area contributed by atoms with Crippen molar-refractivity contribution >= 4 is 34.6 Å². The monoisotopic (exact) mass is 329 g/mol. The van der Waals surface area contributed by atoms with E-state index in [0.717, 1.165) is 31.7 Å². The molecule has 2 aliphatic rings. The molecule has 0 spiro atoms. The number of rotatable bonds is 3. The first-order chi connectivity index (χ1) is 10.0. The molecule has 0 radical (unpaired) electrons. The molecule has 2 heterocycles. The largest absolute Gasteiger partial charge is 0.365 e. The molecule has 21 heavy (non-hydrogen) atoms. The van der Waals surface area contributed by atoms with Crippen molar-refractivity contribution in [2.45, 2.75) is 19.4 Å². The average molecular weight is 330 g/mol. The molecule has 1 aromatic rings. The number of nitro groups is 1. The zero-order chi connectivity index (χ0) is 15.1. The molecule has 0 aliphatic carbocycles. The first-order valence-electron chi connectivity index (χ1n) is 7.13. The van der Waals surface area contributed by atoms with E-state index in [1.807, 2.05) is 0 Å². The van der Waals surface area contributed by atoms with Gasteiger partial charge in [-0.25, -0.2) is 0 Å². The number of halogens is 2. The van der Waals surface area contributed by atoms with Gasteiger partial charge in [-0.3, -0.25) is 10.1 Å². The van der Waals surface area contributed by atoms with Gasteiger partial charge in [0.1, 0.15) is 0 Å². The van der Waals surface area contributed by atoms with Crippen LogP contribution in [0.5, 0.6) is 0 Å². The van der Waals surface area contributed by atoms with Crippen LogP contribution in [-0.2, 0) is 0 Å². The van der Waals surface area contributed by atoms with Crippen LogP contribution >= 0.6 is 23.2 Å². The summed E-state index contributed by atoms with van der Waals surface area (Å²) in [4.78, 5) is 12.7. The Labute approximate surface area is 133 Å². The minimum Gasteiger partial charge on any atom is -0.365 e. The van der Waals surface area contributed by atoms with Crippen molar-refractivity contribution in [3.63, 3.8) is 0 Å². The van der Waals surface area contributed by atoms with Gasteiger partial charge >= 0.3 is 0 Å². The second-order valence-corrected chi connectivity index (χ2v) is 6.54. The summed E-state index contributed by atoms with van der Waals surface area (Å²) in [5.41, 5.74) is 0.674. The number of benzene rings is 1. The van der Waals surface area contributed by atoms with Crippen LogP contribution in [0.1, 0.15) is 13.3 Å². The highest BCUT2D eigenvalue weighted by atomic mass is 35.5. The maximum Gasteiger partial charge on any atom is 0.272 e. The molecule has 0 saturated carbocycles. The third-order valence-electron chi connectivity index (χ3n) is 4.64. The number of hydrogen-bond donors (Lipinski definition) is 1. The van der Waals surface area contributed by atoms with E-state index in [2.05, 4.69) is 17.1 Å². The lowest BCUT2D eigenvalue weighted by atomic mass is 9.93. The molecule has 0 aromatic heterocycles. The minimum atomic E-state index is -0.471. The van der Waals surface area contributed by atoms with Gasteiger partial charge in [-0.15, -0.1) is 0 Å². The van der Waals surface area contributed by atoms with Crippen LogP contribution in [0.4, 0.5) is 11.4 Å². The number of nitrogens with zero attached hydrogens (tertiary/aromatic N) is 2. The standard InChI is InChI=1S/C14H17Cl2N3O2/c1-2-13-10-6-17-5-8(10)7-18(13)14-11(15)3-9(19(20)21)4-12(14)16/h3-4,8,10,13,17H,2,5-7H2,1H3. The van der Waals surface area contributed by atoms with Crippen molar-refractivity contribution in [2.24, 2.45) is 11.8 Å². The highest BCUT2D eigenvalue weighted by Gasteiger charge is 2.44. The molecule has 114 valence electrons. The predicted octanol–water partition coefficient (Wildman–Crippen LogP) is 3.34. The fourth-order valence-electron chi connectivity index (χ4n) is 3.73. The quantitative estimate of drug-likeness (QED) is 0.682. The van der Waals surface area contributed by atoms with Crippen molar-refractivity contribution in [3.05, 3.63) is 32.3 Å².